The molecule has 0 aliphatic carbocycles. The minimum Gasteiger partial charge on any atom is -0.506 e. The molecule has 3 rings (SSSR count). The third kappa shape index (κ3) is 3.34. The Morgan fingerprint density at radius 1 is 1.35 bits per heavy atom. The first kappa shape index (κ1) is 15.5. The molecule has 7 heteroatoms. The molecule has 2 N–H and O–H groups in total. The average Bonchev–Trinajstić information content (AvgIpc) is 3.01. The summed E-state index contributed by atoms with van der Waals surface area (Å²) in [4.78, 5) is 17.3. The normalized spacial score (nSPS) is 16.6. The van der Waals surface area contributed by atoms with Gasteiger partial charge in [0.05, 0.1) is 11.4 Å². The Morgan fingerprint density at radius 2 is 2.13 bits per heavy atom. The smallest absolute Gasteiger partial charge is 0.268 e. The summed E-state index contributed by atoms with van der Waals surface area (Å²) in [7, 11) is 0. The number of rotatable bonds is 3. The van der Waals surface area contributed by atoms with Gasteiger partial charge in [0.2, 0.25) is 6.10 Å². The zero-order valence-electron chi connectivity index (χ0n) is 11.8. The number of anilines is 1. The molecule has 1 amide bonds. The van der Waals surface area contributed by atoms with Gasteiger partial charge in [0.1, 0.15) is 11.6 Å². The zero-order chi connectivity index (χ0) is 16.4. The molecule has 23 heavy (non-hydrogen) atoms. The van der Waals surface area contributed by atoms with Gasteiger partial charge >= 0.3 is 0 Å². The number of amides is 1. The Kier molecular flexibility index (Phi) is 4.29. The summed E-state index contributed by atoms with van der Waals surface area (Å²) in [5.74, 6) is -0.941. The molecule has 2 aromatic rings. The van der Waals surface area contributed by atoms with Crippen molar-refractivity contribution in [1.29, 1.82) is 0 Å². The van der Waals surface area contributed by atoms with Crippen molar-refractivity contribution < 1.29 is 19.1 Å². The van der Waals surface area contributed by atoms with E-state index in [4.69, 9.17) is 4.84 Å². The fraction of sp³-hybridized carbons (Fsp3) is 0.125. The Balaban J connectivity index is 1.69. The molecule has 1 heterocycles. The number of carbonyl (C=O) groups is 1. The van der Waals surface area contributed by atoms with Crippen molar-refractivity contribution in [2.45, 2.75) is 12.5 Å². The van der Waals surface area contributed by atoms with Crippen LogP contribution in [0.5, 0.6) is 5.75 Å². The molecule has 0 bridgehead atoms. The molecule has 1 unspecified atom stereocenters. The van der Waals surface area contributed by atoms with Gasteiger partial charge in [-0.3, -0.25) is 4.79 Å². The van der Waals surface area contributed by atoms with Crippen LogP contribution in [0.15, 0.2) is 52.1 Å². The number of halogens is 2. The number of hydrogen-bond acceptors (Lipinski definition) is 4. The van der Waals surface area contributed by atoms with Crippen LogP contribution in [0.2, 0.25) is 0 Å². The van der Waals surface area contributed by atoms with Crippen LogP contribution < -0.4 is 5.32 Å². The maximum Gasteiger partial charge on any atom is 0.268 e. The number of oxime groups is 1. The van der Waals surface area contributed by atoms with Crippen LogP contribution in [0.1, 0.15) is 12.0 Å². The molecule has 0 radical (unpaired) electrons. The van der Waals surface area contributed by atoms with Crippen LogP contribution in [-0.2, 0) is 9.63 Å². The van der Waals surface area contributed by atoms with Gasteiger partial charge in [0, 0.05) is 16.5 Å². The predicted molar refractivity (Wildman–Crippen MR) is 86.9 cm³/mol. The molecule has 1 atom stereocenters. The lowest BCUT2D eigenvalue weighted by Crippen LogP contribution is -2.28. The molecule has 0 spiro atoms. The number of carbonyl (C=O) groups excluding carboxylic acids is 1. The van der Waals surface area contributed by atoms with Crippen LogP contribution in [-0.4, -0.2) is 22.8 Å². The quantitative estimate of drug-likeness (QED) is 0.803. The summed E-state index contributed by atoms with van der Waals surface area (Å²) in [5, 5.41) is 16.1. The fourth-order valence-corrected chi connectivity index (χ4v) is 2.56. The second-order valence-electron chi connectivity index (χ2n) is 4.97. The van der Waals surface area contributed by atoms with Crippen LogP contribution in [0.25, 0.3) is 0 Å². The van der Waals surface area contributed by atoms with Crippen LogP contribution in [0.3, 0.4) is 0 Å². The van der Waals surface area contributed by atoms with E-state index in [1.165, 1.54) is 12.1 Å². The Bertz CT molecular complexity index is 795. The Hall–Kier alpha value is -2.41. The molecule has 1 aliphatic rings. The van der Waals surface area contributed by atoms with Crippen LogP contribution in [0.4, 0.5) is 10.1 Å². The average molecular weight is 379 g/mol. The van der Waals surface area contributed by atoms with E-state index in [0.717, 1.165) is 0 Å². The molecule has 2 aromatic carbocycles. The van der Waals surface area contributed by atoms with Crippen molar-refractivity contribution in [1.82, 2.24) is 0 Å². The fourth-order valence-electron chi connectivity index (χ4n) is 2.19. The van der Waals surface area contributed by atoms with Crippen molar-refractivity contribution in [3.8, 4) is 5.75 Å². The summed E-state index contributed by atoms with van der Waals surface area (Å²) in [5.41, 5.74) is 0.946. The van der Waals surface area contributed by atoms with Crippen molar-refractivity contribution >= 4 is 33.2 Å². The van der Waals surface area contributed by atoms with Crippen LogP contribution >= 0.6 is 15.9 Å². The number of hydrogen-bond donors (Lipinski definition) is 2. The molecule has 0 saturated heterocycles. The third-order valence-corrected chi connectivity index (χ3v) is 3.86. The van der Waals surface area contributed by atoms with E-state index in [-0.39, 0.29) is 17.9 Å². The highest BCUT2D eigenvalue weighted by Crippen LogP contribution is 2.28. The van der Waals surface area contributed by atoms with E-state index in [0.29, 0.717) is 15.7 Å². The van der Waals surface area contributed by atoms with Gasteiger partial charge in [0.15, 0.2) is 0 Å². The lowest BCUT2D eigenvalue weighted by atomic mass is 10.0. The number of phenolic OH excluding ortho intramolecular Hbond substituents is 1. The number of benzene rings is 2. The topological polar surface area (TPSA) is 70.9 Å². The van der Waals surface area contributed by atoms with E-state index in [9.17, 15) is 14.3 Å². The van der Waals surface area contributed by atoms with E-state index in [2.05, 4.69) is 26.4 Å². The van der Waals surface area contributed by atoms with Crippen molar-refractivity contribution in [2.75, 3.05) is 5.32 Å². The molecule has 118 valence electrons. The SMILES string of the molecule is O=C(Nc1cc(Br)ccc1O)C1CC(c2ccccc2F)=NO1. The van der Waals surface area contributed by atoms with E-state index >= 15 is 0 Å². The standard InChI is InChI=1S/C16H12BrFN2O3/c17-9-5-6-14(21)13(7-9)19-16(22)15-8-12(20-23-15)10-3-1-2-4-11(10)18/h1-7,15,21H,8H2,(H,19,22). The highest BCUT2D eigenvalue weighted by Gasteiger charge is 2.30. The van der Waals surface area contributed by atoms with Gasteiger partial charge < -0.3 is 15.3 Å². The largest absolute Gasteiger partial charge is 0.506 e. The van der Waals surface area contributed by atoms with Gasteiger partial charge in [-0.15, -0.1) is 0 Å². The van der Waals surface area contributed by atoms with Gasteiger partial charge in [-0.05, 0) is 24.3 Å². The van der Waals surface area contributed by atoms with E-state index in [1.807, 2.05) is 0 Å². The summed E-state index contributed by atoms with van der Waals surface area (Å²) < 4.78 is 14.4. The van der Waals surface area contributed by atoms with Crippen molar-refractivity contribution in [3.05, 3.63) is 58.3 Å². The predicted octanol–water partition coefficient (Wildman–Crippen LogP) is 3.43. The lowest BCUT2D eigenvalue weighted by molar-refractivity contribution is -0.125. The monoisotopic (exact) mass is 378 g/mol. The minimum atomic E-state index is -0.872. The summed E-state index contributed by atoms with van der Waals surface area (Å²) in [6.45, 7) is 0. The van der Waals surface area contributed by atoms with Gasteiger partial charge in [-0.2, -0.15) is 0 Å². The molecule has 0 aromatic heterocycles. The molecular weight excluding hydrogens is 367 g/mol. The van der Waals surface area contributed by atoms with Gasteiger partial charge in [-0.1, -0.05) is 39.3 Å². The van der Waals surface area contributed by atoms with E-state index < -0.39 is 17.8 Å². The number of aromatic hydroxyl groups is 1. The first-order valence-corrected chi connectivity index (χ1v) is 7.61. The van der Waals surface area contributed by atoms with E-state index in [1.54, 1.807) is 30.3 Å². The summed E-state index contributed by atoms with van der Waals surface area (Å²) in [6.07, 6.45) is -0.718. The van der Waals surface area contributed by atoms with Gasteiger partial charge in [-0.25, -0.2) is 4.39 Å². The van der Waals surface area contributed by atoms with Crippen molar-refractivity contribution in [2.24, 2.45) is 5.16 Å². The second-order valence-corrected chi connectivity index (χ2v) is 5.88. The first-order valence-electron chi connectivity index (χ1n) is 6.81. The Labute approximate surface area is 139 Å². The summed E-state index contributed by atoms with van der Waals surface area (Å²) >= 11 is 3.26. The first-order chi connectivity index (χ1) is 11.0. The third-order valence-electron chi connectivity index (χ3n) is 3.36. The highest BCUT2D eigenvalue weighted by molar-refractivity contribution is 9.10. The molecule has 5 nitrogen and oxygen atoms in total. The maximum absolute atomic E-state index is 13.7. The van der Waals surface area contributed by atoms with Gasteiger partial charge in [0.25, 0.3) is 5.91 Å². The number of phenols is 1. The number of nitrogens with zero attached hydrogens (tertiary/aromatic N) is 1. The minimum absolute atomic E-state index is 0.0604. The molecule has 1 aliphatic heterocycles. The summed E-state index contributed by atoms with van der Waals surface area (Å²) in [6, 6.07) is 10.8. The maximum atomic E-state index is 13.7. The Morgan fingerprint density at radius 3 is 2.91 bits per heavy atom. The zero-order valence-corrected chi connectivity index (χ0v) is 13.4. The molecule has 0 saturated carbocycles. The molecular formula is C16H12BrFN2O3. The van der Waals surface area contributed by atoms with Crippen molar-refractivity contribution in [3.63, 3.8) is 0 Å². The molecule has 0 fully saturated rings. The number of nitrogens with one attached hydrogen (secondary N) is 1. The lowest BCUT2D eigenvalue weighted by Gasteiger charge is -2.11. The van der Waals surface area contributed by atoms with Crippen LogP contribution in [0, 0.1) is 5.82 Å². The second kappa shape index (κ2) is 6.37. The highest BCUT2D eigenvalue weighted by atomic mass is 79.9.